The predicted molar refractivity (Wildman–Crippen MR) is 81.3 cm³/mol. The van der Waals surface area contributed by atoms with Gasteiger partial charge in [0.1, 0.15) is 6.10 Å². The van der Waals surface area contributed by atoms with E-state index < -0.39 is 6.10 Å². The van der Waals surface area contributed by atoms with Crippen molar-refractivity contribution in [1.29, 1.82) is 0 Å². The molecule has 1 saturated heterocycles. The van der Waals surface area contributed by atoms with Crippen molar-refractivity contribution in [2.75, 3.05) is 33.3 Å². The molecule has 0 bridgehead atoms. The molecule has 1 amide bonds. The molecule has 0 aliphatic carbocycles. The second-order valence-electron chi connectivity index (χ2n) is 5.47. The Morgan fingerprint density at radius 3 is 2.27 bits per heavy atom. The highest BCUT2D eigenvalue weighted by molar-refractivity contribution is 5.89. The fraction of sp³-hybridized carbons (Fsp3) is 0.500. The number of hydrogen-bond acceptors (Lipinski definition) is 5. The molecular formula is C16H22N2O4. The molecule has 6 heteroatoms. The molecule has 1 atom stereocenters. The Hall–Kier alpha value is -1.92. The van der Waals surface area contributed by atoms with Gasteiger partial charge in [-0.05, 0) is 24.6 Å². The number of aliphatic hydroxyl groups excluding tert-OH is 1. The van der Waals surface area contributed by atoms with Crippen LogP contribution in [0.2, 0.25) is 0 Å². The number of carbonyl (C=O) groups excluding carboxylic acids is 2. The van der Waals surface area contributed by atoms with E-state index in [4.69, 9.17) is 0 Å². The lowest BCUT2D eigenvalue weighted by Crippen LogP contribution is -2.50. The second-order valence-corrected chi connectivity index (χ2v) is 5.47. The Labute approximate surface area is 130 Å². The Morgan fingerprint density at radius 2 is 1.77 bits per heavy atom. The van der Waals surface area contributed by atoms with E-state index in [-0.39, 0.29) is 11.9 Å². The summed E-state index contributed by atoms with van der Waals surface area (Å²) >= 11 is 0. The SMILES string of the molecule is COC(=O)c1ccc(CN2CCN(C(=O)[C@H](C)O)CC2)cc1. The van der Waals surface area contributed by atoms with Crippen LogP contribution < -0.4 is 0 Å². The molecule has 0 saturated carbocycles. The number of hydrogen-bond donors (Lipinski definition) is 1. The summed E-state index contributed by atoms with van der Waals surface area (Å²) in [5.74, 6) is -0.543. The Balaban J connectivity index is 1.86. The summed E-state index contributed by atoms with van der Waals surface area (Å²) in [6.45, 7) is 5.08. The quantitative estimate of drug-likeness (QED) is 0.820. The second kappa shape index (κ2) is 7.38. The lowest BCUT2D eigenvalue weighted by Gasteiger charge is -2.35. The van der Waals surface area contributed by atoms with Gasteiger partial charge in [0.05, 0.1) is 12.7 Å². The van der Waals surface area contributed by atoms with E-state index in [1.807, 2.05) is 12.1 Å². The van der Waals surface area contributed by atoms with Gasteiger partial charge >= 0.3 is 5.97 Å². The lowest BCUT2D eigenvalue weighted by atomic mass is 10.1. The molecule has 1 N–H and O–H groups in total. The molecule has 1 heterocycles. The van der Waals surface area contributed by atoms with E-state index in [0.717, 1.165) is 25.2 Å². The number of nitrogens with zero attached hydrogens (tertiary/aromatic N) is 2. The Morgan fingerprint density at radius 1 is 1.18 bits per heavy atom. The number of benzene rings is 1. The maximum absolute atomic E-state index is 11.7. The lowest BCUT2D eigenvalue weighted by molar-refractivity contribution is -0.141. The van der Waals surface area contributed by atoms with Crippen LogP contribution in [0.3, 0.4) is 0 Å². The van der Waals surface area contributed by atoms with Crippen molar-refractivity contribution in [1.82, 2.24) is 9.80 Å². The molecule has 6 nitrogen and oxygen atoms in total. The fourth-order valence-electron chi connectivity index (χ4n) is 2.51. The topological polar surface area (TPSA) is 70.1 Å². The third kappa shape index (κ3) is 4.05. The minimum atomic E-state index is -0.933. The van der Waals surface area contributed by atoms with Crippen LogP contribution in [-0.4, -0.2) is 66.2 Å². The minimum Gasteiger partial charge on any atom is -0.465 e. The molecule has 0 aromatic heterocycles. The number of piperazine rings is 1. The van der Waals surface area contributed by atoms with Crippen molar-refractivity contribution >= 4 is 11.9 Å². The van der Waals surface area contributed by atoms with Crippen LogP contribution in [0, 0.1) is 0 Å². The predicted octanol–water partition coefficient (Wildman–Crippen LogP) is 0.498. The van der Waals surface area contributed by atoms with E-state index in [2.05, 4.69) is 9.64 Å². The minimum absolute atomic E-state index is 0.206. The maximum Gasteiger partial charge on any atom is 0.337 e. The number of ether oxygens (including phenoxy) is 1. The Kier molecular flexibility index (Phi) is 5.51. The van der Waals surface area contributed by atoms with E-state index in [0.29, 0.717) is 18.7 Å². The van der Waals surface area contributed by atoms with Crippen LogP contribution in [0.4, 0.5) is 0 Å². The summed E-state index contributed by atoms with van der Waals surface area (Å²) in [7, 11) is 1.37. The van der Waals surface area contributed by atoms with Crippen molar-refractivity contribution < 1.29 is 19.4 Å². The molecule has 1 aliphatic rings. The van der Waals surface area contributed by atoms with Crippen LogP contribution in [0.5, 0.6) is 0 Å². The zero-order valence-corrected chi connectivity index (χ0v) is 13.0. The highest BCUT2D eigenvalue weighted by atomic mass is 16.5. The first-order chi connectivity index (χ1) is 10.5. The average Bonchev–Trinajstić information content (AvgIpc) is 2.54. The monoisotopic (exact) mass is 306 g/mol. The third-order valence-corrected chi connectivity index (χ3v) is 3.82. The fourth-order valence-corrected chi connectivity index (χ4v) is 2.51. The molecule has 1 aromatic rings. The molecular weight excluding hydrogens is 284 g/mol. The first-order valence-corrected chi connectivity index (χ1v) is 7.37. The maximum atomic E-state index is 11.7. The van der Waals surface area contributed by atoms with Gasteiger partial charge in [-0.3, -0.25) is 9.69 Å². The summed E-state index contributed by atoms with van der Waals surface area (Å²) in [6.07, 6.45) is -0.933. The third-order valence-electron chi connectivity index (χ3n) is 3.82. The first-order valence-electron chi connectivity index (χ1n) is 7.37. The summed E-state index contributed by atoms with van der Waals surface area (Å²) < 4.78 is 4.67. The van der Waals surface area contributed by atoms with Gasteiger partial charge in [0.25, 0.3) is 5.91 Å². The highest BCUT2D eigenvalue weighted by Crippen LogP contribution is 2.11. The van der Waals surface area contributed by atoms with Crippen LogP contribution in [0.25, 0.3) is 0 Å². The number of esters is 1. The number of methoxy groups -OCH3 is 1. The molecule has 0 radical (unpaired) electrons. The summed E-state index contributed by atoms with van der Waals surface area (Å²) in [6, 6.07) is 7.35. The molecule has 1 aromatic carbocycles. The largest absolute Gasteiger partial charge is 0.465 e. The first kappa shape index (κ1) is 16.5. The average molecular weight is 306 g/mol. The summed E-state index contributed by atoms with van der Waals surface area (Å²) in [5, 5.41) is 9.32. The van der Waals surface area contributed by atoms with E-state index >= 15 is 0 Å². The smallest absolute Gasteiger partial charge is 0.337 e. The van der Waals surface area contributed by atoms with Gasteiger partial charge in [0.15, 0.2) is 0 Å². The standard InChI is InChI=1S/C16H22N2O4/c1-12(19)15(20)18-9-7-17(8-10-18)11-13-3-5-14(6-4-13)16(21)22-2/h3-6,12,19H,7-11H2,1-2H3/t12-/m0/s1. The normalized spacial score (nSPS) is 17.1. The van der Waals surface area contributed by atoms with Crippen LogP contribution in [0.15, 0.2) is 24.3 Å². The highest BCUT2D eigenvalue weighted by Gasteiger charge is 2.23. The summed E-state index contributed by atoms with van der Waals surface area (Å²) in [5.41, 5.74) is 1.65. The van der Waals surface area contributed by atoms with Crippen LogP contribution in [0.1, 0.15) is 22.8 Å². The summed E-state index contributed by atoms with van der Waals surface area (Å²) in [4.78, 5) is 27.0. The van der Waals surface area contributed by atoms with Gasteiger partial charge < -0.3 is 14.7 Å². The van der Waals surface area contributed by atoms with Gasteiger partial charge in [-0.2, -0.15) is 0 Å². The Bertz CT molecular complexity index is 519. The number of carbonyl (C=O) groups is 2. The van der Waals surface area contributed by atoms with Gasteiger partial charge in [-0.25, -0.2) is 4.79 Å². The van der Waals surface area contributed by atoms with Gasteiger partial charge in [0, 0.05) is 32.7 Å². The van der Waals surface area contributed by atoms with Gasteiger partial charge in [-0.1, -0.05) is 12.1 Å². The molecule has 1 fully saturated rings. The van der Waals surface area contributed by atoms with Crippen molar-refractivity contribution in [3.05, 3.63) is 35.4 Å². The van der Waals surface area contributed by atoms with E-state index in [1.165, 1.54) is 14.0 Å². The molecule has 120 valence electrons. The van der Waals surface area contributed by atoms with Crippen molar-refractivity contribution in [3.63, 3.8) is 0 Å². The number of aliphatic hydroxyl groups is 1. The van der Waals surface area contributed by atoms with Gasteiger partial charge in [-0.15, -0.1) is 0 Å². The van der Waals surface area contributed by atoms with Crippen LogP contribution in [-0.2, 0) is 16.1 Å². The van der Waals surface area contributed by atoms with Gasteiger partial charge in [0.2, 0.25) is 0 Å². The van der Waals surface area contributed by atoms with E-state index in [9.17, 15) is 14.7 Å². The van der Waals surface area contributed by atoms with E-state index in [1.54, 1.807) is 17.0 Å². The molecule has 1 aliphatic heterocycles. The molecule has 0 spiro atoms. The number of amides is 1. The molecule has 22 heavy (non-hydrogen) atoms. The zero-order chi connectivity index (χ0) is 16.1. The van der Waals surface area contributed by atoms with Crippen LogP contribution >= 0.6 is 0 Å². The molecule has 0 unspecified atom stereocenters. The van der Waals surface area contributed by atoms with Crippen molar-refractivity contribution in [2.24, 2.45) is 0 Å². The molecule has 2 rings (SSSR count). The number of rotatable bonds is 4. The van der Waals surface area contributed by atoms with Crippen molar-refractivity contribution in [2.45, 2.75) is 19.6 Å². The van der Waals surface area contributed by atoms with Crippen molar-refractivity contribution in [3.8, 4) is 0 Å². The zero-order valence-electron chi connectivity index (χ0n) is 13.0.